The number of nitrogens with one attached hydrogen (secondary N) is 2. The topological polar surface area (TPSA) is 89.4 Å². The molecule has 3 amide bonds. The molecular weight excluding hydrogens is 334 g/mol. The molecule has 7 heteroatoms. The van der Waals surface area contributed by atoms with Crippen LogP contribution in [0.5, 0.6) is 0 Å². The zero-order valence-electron chi connectivity index (χ0n) is 15.0. The first-order chi connectivity index (χ1) is 12.3. The number of hydrogen-bond acceptors (Lipinski definition) is 4. The van der Waals surface area contributed by atoms with E-state index in [9.17, 15) is 14.4 Å². The maximum absolute atomic E-state index is 12.0. The molecule has 134 valence electrons. The predicted molar refractivity (Wildman–Crippen MR) is 96.0 cm³/mol. The van der Waals surface area contributed by atoms with Crippen molar-refractivity contribution in [2.24, 2.45) is 0 Å². The van der Waals surface area contributed by atoms with Crippen LogP contribution in [0, 0.1) is 20.8 Å². The standard InChI is InChI=1S/C19H19N3O4/c1-10-8-13(9-15-17(23)21-19(25)20-15)12(3)22(10)16-7-5-6-14(11(16)2)18(24)26-4/h5-9H,1-4H3,(H2,20,21,23,25). The number of rotatable bonds is 3. The molecule has 7 nitrogen and oxygen atoms in total. The maximum atomic E-state index is 12.0. The van der Waals surface area contributed by atoms with Crippen LogP contribution in [0.25, 0.3) is 11.8 Å². The van der Waals surface area contributed by atoms with E-state index in [-0.39, 0.29) is 11.7 Å². The van der Waals surface area contributed by atoms with Gasteiger partial charge in [0.2, 0.25) is 0 Å². The van der Waals surface area contributed by atoms with Gasteiger partial charge in [-0.3, -0.25) is 10.1 Å². The molecule has 0 radical (unpaired) electrons. The number of imide groups is 1. The number of nitrogens with zero attached hydrogens (tertiary/aromatic N) is 1. The summed E-state index contributed by atoms with van der Waals surface area (Å²) >= 11 is 0. The molecule has 1 saturated heterocycles. The van der Waals surface area contributed by atoms with Gasteiger partial charge in [-0.1, -0.05) is 6.07 Å². The first kappa shape index (κ1) is 17.5. The molecule has 0 saturated carbocycles. The second-order valence-electron chi connectivity index (χ2n) is 6.07. The van der Waals surface area contributed by atoms with E-state index >= 15 is 0 Å². The molecule has 0 atom stereocenters. The number of methoxy groups -OCH3 is 1. The first-order valence-electron chi connectivity index (χ1n) is 8.04. The highest BCUT2D eigenvalue weighted by Gasteiger charge is 2.24. The number of aryl methyl sites for hydroxylation is 1. The minimum atomic E-state index is -0.531. The molecule has 0 spiro atoms. The minimum Gasteiger partial charge on any atom is -0.465 e. The summed E-state index contributed by atoms with van der Waals surface area (Å²) in [6.45, 7) is 5.72. The number of carbonyl (C=O) groups is 3. The summed E-state index contributed by atoms with van der Waals surface area (Å²) in [4.78, 5) is 35.0. The van der Waals surface area contributed by atoms with Crippen molar-refractivity contribution >= 4 is 24.0 Å². The van der Waals surface area contributed by atoms with E-state index in [1.165, 1.54) is 7.11 Å². The van der Waals surface area contributed by atoms with Crippen LogP contribution in [0.3, 0.4) is 0 Å². The highest BCUT2D eigenvalue weighted by molar-refractivity contribution is 6.14. The van der Waals surface area contributed by atoms with E-state index in [0.717, 1.165) is 28.2 Å². The Balaban J connectivity index is 2.10. The summed E-state index contributed by atoms with van der Waals surface area (Å²) in [7, 11) is 1.35. The molecule has 2 N–H and O–H groups in total. The fraction of sp³-hybridized carbons (Fsp3) is 0.211. The van der Waals surface area contributed by atoms with Gasteiger partial charge in [0.15, 0.2) is 0 Å². The largest absolute Gasteiger partial charge is 0.465 e. The first-order valence-corrected chi connectivity index (χ1v) is 8.04. The summed E-state index contributed by atoms with van der Waals surface area (Å²) in [5, 5.41) is 4.66. The van der Waals surface area contributed by atoms with Gasteiger partial charge in [-0.25, -0.2) is 9.59 Å². The van der Waals surface area contributed by atoms with Crippen molar-refractivity contribution in [3.8, 4) is 5.69 Å². The van der Waals surface area contributed by atoms with Gasteiger partial charge in [-0.05, 0) is 56.2 Å². The van der Waals surface area contributed by atoms with Gasteiger partial charge < -0.3 is 14.6 Å². The summed E-state index contributed by atoms with van der Waals surface area (Å²) in [5.74, 6) is -0.844. The molecule has 1 aliphatic heterocycles. The Labute approximate surface area is 150 Å². The van der Waals surface area contributed by atoms with E-state index in [4.69, 9.17) is 4.74 Å². The van der Waals surface area contributed by atoms with Crippen molar-refractivity contribution in [2.45, 2.75) is 20.8 Å². The molecule has 26 heavy (non-hydrogen) atoms. The Morgan fingerprint density at radius 2 is 1.88 bits per heavy atom. The molecule has 2 aromatic rings. The summed E-state index contributed by atoms with van der Waals surface area (Å²) in [6, 6.07) is 6.83. The van der Waals surface area contributed by atoms with Crippen LogP contribution < -0.4 is 10.6 Å². The molecule has 1 fully saturated rings. The van der Waals surface area contributed by atoms with Gasteiger partial charge in [0.1, 0.15) is 5.70 Å². The average Bonchev–Trinajstić information content (AvgIpc) is 3.06. The lowest BCUT2D eigenvalue weighted by Gasteiger charge is -2.15. The Hall–Kier alpha value is -3.35. The smallest absolute Gasteiger partial charge is 0.338 e. The number of benzene rings is 1. The lowest BCUT2D eigenvalue weighted by molar-refractivity contribution is -0.115. The third-order valence-corrected chi connectivity index (χ3v) is 4.44. The molecule has 3 rings (SSSR count). The highest BCUT2D eigenvalue weighted by atomic mass is 16.5. The molecular formula is C19H19N3O4. The second-order valence-corrected chi connectivity index (χ2v) is 6.07. The number of esters is 1. The van der Waals surface area contributed by atoms with Crippen LogP contribution in [0.1, 0.15) is 32.9 Å². The Kier molecular flexibility index (Phi) is 4.38. The third-order valence-electron chi connectivity index (χ3n) is 4.44. The number of urea groups is 1. The average molecular weight is 353 g/mol. The van der Waals surface area contributed by atoms with Gasteiger partial charge in [0, 0.05) is 17.1 Å². The molecule has 1 aromatic carbocycles. The summed E-state index contributed by atoms with van der Waals surface area (Å²) in [5.41, 5.74) is 4.98. The van der Waals surface area contributed by atoms with Crippen molar-refractivity contribution < 1.29 is 19.1 Å². The lowest BCUT2D eigenvalue weighted by Crippen LogP contribution is -2.22. The highest BCUT2D eigenvalue weighted by Crippen LogP contribution is 2.26. The van der Waals surface area contributed by atoms with Crippen molar-refractivity contribution in [2.75, 3.05) is 7.11 Å². The molecule has 0 aliphatic carbocycles. The lowest BCUT2D eigenvalue weighted by atomic mass is 10.1. The maximum Gasteiger partial charge on any atom is 0.338 e. The third kappa shape index (κ3) is 2.88. The zero-order valence-corrected chi connectivity index (χ0v) is 15.0. The summed E-state index contributed by atoms with van der Waals surface area (Å²) < 4.78 is 6.84. The van der Waals surface area contributed by atoms with E-state index in [0.29, 0.717) is 5.56 Å². The molecule has 1 aliphatic rings. The van der Waals surface area contributed by atoms with Crippen molar-refractivity contribution in [1.29, 1.82) is 0 Å². The van der Waals surface area contributed by atoms with Crippen LogP contribution in [-0.2, 0) is 9.53 Å². The van der Waals surface area contributed by atoms with E-state index in [1.54, 1.807) is 18.2 Å². The van der Waals surface area contributed by atoms with E-state index < -0.39 is 11.9 Å². The van der Waals surface area contributed by atoms with Crippen molar-refractivity contribution in [3.63, 3.8) is 0 Å². The molecule has 0 bridgehead atoms. The number of carbonyl (C=O) groups excluding carboxylic acids is 3. The van der Waals surface area contributed by atoms with Crippen LogP contribution >= 0.6 is 0 Å². The van der Waals surface area contributed by atoms with Gasteiger partial charge >= 0.3 is 12.0 Å². The van der Waals surface area contributed by atoms with Crippen molar-refractivity contribution in [3.05, 3.63) is 58.0 Å². The van der Waals surface area contributed by atoms with Gasteiger partial charge in [-0.15, -0.1) is 0 Å². The monoisotopic (exact) mass is 353 g/mol. The zero-order chi connectivity index (χ0) is 19.0. The van der Waals surface area contributed by atoms with Gasteiger partial charge in [0.05, 0.1) is 12.7 Å². The Morgan fingerprint density at radius 3 is 2.50 bits per heavy atom. The fourth-order valence-electron chi connectivity index (χ4n) is 3.14. The summed E-state index contributed by atoms with van der Waals surface area (Å²) in [6.07, 6.45) is 1.64. The van der Waals surface area contributed by atoms with Gasteiger partial charge in [0.25, 0.3) is 5.91 Å². The SMILES string of the molecule is COC(=O)c1cccc(-n2c(C)cc(C=C3NC(=O)NC3=O)c2C)c1C. The van der Waals surface area contributed by atoms with Gasteiger partial charge in [-0.2, -0.15) is 0 Å². The van der Waals surface area contributed by atoms with Crippen LogP contribution in [0.2, 0.25) is 0 Å². The predicted octanol–water partition coefficient (Wildman–Crippen LogP) is 2.37. The number of aromatic nitrogens is 1. The second kappa shape index (κ2) is 6.51. The normalized spacial score (nSPS) is 15.2. The molecule has 2 heterocycles. The number of hydrogen-bond donors (Lipinski definition) is 2. The fourth-order valence-corrected chi connectivity index (χ4v) is 3.14. The van der Waals surface area contributed by atoms with E-state index in [2.05, 4.69) is 10.6 Å². The van der Waals surface area contributed by atoms with Crippen LogP contribution in [0.15, 0.2) is 30.0 Å². The van der Waals surface area contributed by atoms with Crippen LogP contribution in [0.4, 0.5) is 4.79 Å². The Morgan fingerprint density at radius 1 is 1.15 bits per heavy atom. The molecule has 0 unspecified atom stereocenters. The Bertz CT molecular complexity index is 969. The number of ether oxygens (including phenoxy) is 1. The minimum absolute atomic E-state index is 0.204. The van der Waals surface area contributed by atoms with E-state index in [1.807, 2.05) is 37.5 Å². The van der Waals surface area contributed by atoms with Crippen LogP contribution in [-0.4, -0.2) is 29.6 Å². The van der Waals surface area contributed by atoms with Crippen molar-refractivity contribution in [1.82, 2.24) is 15.2 Å². The number of amides is 3. The quantitative estimate of drug-likeness (QED) is 0.504. The molecule has 1 aromatic heterocycles.